The molecular formula is C24H33N3OS. The number of nitrogens with zero attached hydrogens (tertiary/aromatic N) is 2. The summed E-state index contributed by atoms with van der Waals surface area (Å²) in [6.45, 7) is 6.61. The molecule has 1 N–H and O–H groups in total. The highest BCUT2D eigenvalue weighted by molar-refractivity contribution is 7.80. The van der Waals surface area contributed by atoms with Crippen molar-refractivity contribution >= 4 is 28.7 Å². The fraction of sp³-hybridized carbons (Fsp3) is 0.375. The normalized spacial score (nSPS) is 10.6. The Hall–Kier alpha value is -2.37. The molecule has 2 rings (SSSR count). The van der Waals surface area contributed by atoms with E-state index in [0.29, 0.717) is 5.11 Å². The lowest BCUT2D eigenvalue weighted by Gasteiger charge is -2.21. The van der Waals surface area contributed by atoms with E-state index in [-0.39, 0.29) is 0 Å². The van der Waals surface area contributed by atoms with Crippen LogP contribution in [0, 0.1) is 0 Å². The van der Waals surface area contributed by atoms with Gasteiger partial charge in [0.2, 0.25) is 0 Å². The van der Waals surface area contributed by atoms with Gasteiger partial charge in [-0.15, -0.1) is 6.58 Å². The van der Waals surface area contributed by atoms with Crippen molar-refractivity contribution in [3.05, 3.63) is 67.3 Å². The highest BCUT2D eigenvalue weighted by atomic mass is 32.1. The van der Waals surface area contributed by atoms with Gasteiger partial charge in [-0.25, -0.2) is 0 Å². The van der Waals surface area contributed by atoms with Gasteiger partial charge in [0, 0.05) is 25.0 Å². The van der Waals surface area contributed by atoms with Gasteiger partial charge in [0.25, 0.3) is 0 Å². The fourth-order valence-electron chi connectivity index (χ4n) is 2.95. The van der Waals surface area contributed by atoms with E-state index in [1.807, 2.05) is 72.6 Å². The molecule has 29 heavy (non-hydrogen) atoms. The van der Waals surface area contributed by atoms with Crippen LogP contribution in [0.5, 0.6) is 5.75 Å². The molecule has 0 bridgehead atoms. The number of hydrogen-bond donors (Lipinski definition) is 1. The topological polar surface area (TPSA) is 27.7 Å². The number of para-hydroxylation sites is 1. The predicted molar refractivity (Wildman–Crippen MR) is 129 cm³/mol. The molecule has 2 aromatic rings. The van der Waals surface area contributed by atoms with Crippen molar-refractivity contribution in [3.8, 4) is 5.75 Å². The molecule has 0 saturated heterocycles. The number of anilines is 2. The van der Waals surface area contributed by atoms with Crippen LogP contribution >= 0.6 is 12.2 Å². The summed E-state index contributed by atoms with van der Waals surface area (Å²) in [5.41, 5.74) is 2.01. The van der Waals surface area contributed by atoms with Gasteiger partial charge in [-0.05, 0) is 75.1 Å². The third-order valence-electron chi connectivity index (χ3n) is 4.70. The number of likely N-dealkylation sites (N-methyl/N-ethyl adjacent to an activating group) is 1. The first-order valence-corrected chi connectivity index (χ1v) is 10.6. The maximum absolute atomic E-state index is 5.87. The second kappa shape index (κ2) is 13.0. The summed E-state index contributed by atoms with van der Waals surface area (Å²) in [7, 11) is 4.09. The summed E-state index contributed by atoms with van der Waals surface area (Å²) in [6.07, 6.45) is 6.69. The largest absolute Gasteiger partial charge is 0.494 e. The predicted octanol–water partition coefficient (Wildman–Crippen LogP) is 5.58. The Bertz CT molecular complexity index is 734. The van der Waals surface area contributed by atoms with Crippen LogP contribution in [0.2, 0.25) is 0 Å². The molecule has 0 aliphatic rings. The van der Waals surface area contributed by atoms with Gasteiger partial charge in [-0.1, -0.05) is 37.1 Å². The lowest BCUT2D eigenvalue weighted by Crippen LogP contribution is -2.30. The molecule has 0 atom stereocenters. The summed E-state index contributed by atoms with van der Waals surface area (Å²) in [4.78, 5) is 4.25. The molecule has 0 fully saturated rings. The van der Waals surface area contributed by atoms with Gasteiger partial charge in [0.1, 0.15) is 5.75 Å². The number of unbranched alkanes of at least 4 members (excludes halogenated alkanes) is 3. The highest BCUT2D eigenvalue weighted by Crippen LogP contribution is 2.20. The van der Waals surface area contributed by atoms with Crippen LogP contribution in [-0.4, -0.2) is 43.8 Å². The van der Waals surface area contributed by atoms with Crippen LogP contribution < -0.4 is 15.0 Å². The first-order valence-electron chi connectivity index (χ1n) is 10.2. The van der Waals surface area contributed by atoms with E-state index in [0.717, 1.165) is 43.2 Å². The number of rotatable bonds is 12. The Labute approximate surface area is 181 Å². The summed E-state index contributed by atoms with van der Waals surface area (Å²) in [5, 5.41) is 3.90. The zero-order chi connectivity index (χ0) is 20.9. The Morgan fingerprint density at radius 2 is 1.69 bits per heavy atom. The van der Waals surface area contributed by atoms with E-state index in [1.165, 1.54) is 19.3 Å². The van der Waals surface area contributed by atoms with E-state index in [2.05, 4.69) is 23.8 Å². The molecular weight excluding hydrogens is 378 g/mol. The summed E-state index contributed by atoms with van der Waals surface area (Å²) < 4.78 is 5.87. The van der Waals surface area contributed by atoms with Crippen molar-refractivity contribution in [1.29, 1.82) is 0 Å². The Morgan fingerprint density at radius 3 is 2.38 bits per heavy atom. The van der Waals surface area contributed by atoms with Crippen LogP contribution in [0.4, 0.5) is 11.4 Å². The molecule has 0 amide bonds. The second-order valence-corrected chi connectivity index (χ2v) is 7.55. The Balaban J connectivity index is 1.66. The van der Waals surface area contributed by atoms with E-state index >= 15 is 0 Å². The molecule has 0 saturated carbocycles. The van der Waals surface area contributed by atoms with Crippen LogP contribution in [0.25, 0.3) is 0 Å². The molecule has 4 nitrogen and oxygen atoms in total. The molecule has 0 aromatic heterocycles. The van der Waals surface area contributed by atoms with Gasteiger partial charge >= 0.3 is 0 Å². The summed E-state index contributed by atoms with van der Waals surface area (Å²) >= 11 is 5.50. The Kier molecular flexibility index (Phi) is 10.2. The molecule has 0 radical (unpaired) electrons. The number of ether oxygens (including phenoxy) is 1. The van der Waals surface area contributed by atoms with Crippen LogP contribution in [0.1, 0.15) is 25.7 Å². The zero-order valence-electron chi connectivity index (χ0n) is 17.6. The quantitative estimate of drug-likeness (QED) is 0.280. The van der Waals surface area contributed by atoms with Crippen molar-refractivity contribution in [3.63, 3.8) is 0 Å². The van der Waals surface area contributed by atoms with Crippen LogP contribution in [0.3, 0.4) is 0 Å². The number of benzene rings is 2. The Morgan fingerprint density at radius 1 is 1.00 bits per heavy atom. The zero-order valence-corrected chi connectivity index (χ0v) is 18.5. The minimum atomic E-state index is 0.656. The molecule has 5 heteroatoms. The molecule has 0 aliphatic carbocycles. The van der Waals surface area contributed by atoms with Gasteiger partial charge in [0.05, 0.1) is 6.61 Å². The lowest BCUT2D eigenvalue weighted by atomic mass is 10.2. The first-order chi connectivity index (χ1) is 14.1. The van der Waals surface area contributed by atoms with Crippen molar-refractivity contribution in [2.75, 3.05) is 44.0 Å². The molecule has 0 aliphatic heterocycles. The SMILES string of the molecule is C=CCN(C)CCCCCCOc1ccc(N(C)C(=S)Nc2ccccc2)cc1. The van der Waals surface area contributed by atoms with E-state index < -0.39 is 0 Å². The van der Waals surface area contributed by atoms with Gasteiger partial charge in [0.15, 0.2) is 5.11 Å². The van der Waals surface area contributed by atoms with Gasteiger partial charge in [-0.2, -0.15) is 0 Å². The summed E-state index contributed by atoms with van der Waals surface area (Å²) in [6, 6.07) is 18.0. The van der Waals surface area contributed by atoms with Gasteiger partial charge in [-0.3, -0.25) is 0 Å². The number of nitrogens with one attached hydrogen (secondary N) is 1. The van der Waals surface area contributed by atoms with Crippen molar-refractivity contribution in [1.82, 2.24) is 4.90 Å². The molecule has 156 valence electrons. The lowest BCUT2D eigenvalue weighted by molar-refractivity contribution is 0.300. The molecule has 0 heterocycles. The maximum Gasteiger partial charge on any atom is 0.177 e. The smallest absolute Gasteiger partial charge is 0.177 e. The van der Waals surface area contributed by atoms with Gasteiger partial charge < -0.3 is 19.9 Å². The standard InChI is InChI=1S/C24H33N3OS/c1-4-18-26(2)19-10-5-6-11-20-28-23-16-14-22(15-17-23)27(3)24(29)25-21-12-8-7-9-13-21/h4,7-9,12-17H,1,5-6,10-11,18-20H2,2-3H3,(H,25,29). The second-order valence-electron chi connectivity index (χ2n) is 7.16. The fourth-order valence-corrected chi connectivity index (χ4v) is 3.17. The summed E-state index contributed by atoms with van der Waals surface area (Å²) in [5.74, 6) is 0.898. The maximum atomic E-state index is 5.87. The van der Waals surface area contributed by atoms with Crippen LogP contribution in [0.15, 0.2) is 67.3 Å². The highest BCUT2D eigenvalue weighted by Gasteiger charge is 2.07. The molecule has 0 spiro atoms. The third-order valence-corrected chi connectivity index (χ3v) is 5.07. The molecule has 0 unspecified atom stereocenters. The van der Waals surface area contributed by atoms with E-state index in [4.69, 9.17) is 17.0 Å². The minimum absolute atomic E-state index is 0.656. The van der Waals surface area contributed by atoms with Crippen LogP contribution in [-0.2, 0) is 0 Å². The average molecular weight is 412 g/mol. The van der Waals surface area contributed by atoms with E-state index in [9.17, 15) is 0 Å². The average Bonchev–Trinajstić information content (AvgIpc) is 2.74. The molecule has 2 aromatic carbocycles. The first kappa shape index (κ1) is 22.9. The number of thiocarbonyl (C=S) groups is 1. The monoisotopic (exact) mass is 411 g/mol. The van der Waals surface area contributed by atoms with Crippen molar-refractivity contribution in [2.45, 2.75) is 25.7 Å². The third kappa shape index (κ3) is 8.67. The van der Waals surface area contributed by atoms with Crippen molar-refractivity contribution in [2.24, 2.45) is 0 Å². The number of hydrogen-bond acceptors (Lipinski definition) is 3. The minimum Gasteiger partial charge on any atom is -0.494 e. The van der Waals surface area contributed by atoms with Crippen molar-refractivity contribution < 1.29 is 4.74 Å². The van der Waals surface area contributed by atoms with E-state index in [1.54, 1.807) is 0 Å².